The van der Waals surface area contributed by atoms with E-state index in [1.54, 1.807) is 24.4 Å². The van der Waals surface area contributed by atoms with Gasteiger partial charge >= 0.3 is 0 Å². The Morgan fingerprint density at radius 3 is 2.54 bits per heavy atom. The van der Waals surface area contributed by atoms with Crippen molar-refractivity contribution >= 4 is 17.5 Å². The fraction of sp³-hybridized carbons (Fsp3) is 0.111. The number of carbonyl (C=O) groups is 1. The normalized spacial score (nSPS) is 10.2. The van der Waals surface area contributed by atoms with Gasteiger partial charge in [0.15, 0.2) is 11.6 Å². The lowest BCUT2D eigenvalue weighted by atomic mass is 10.2. The molecule has 0 saturated carbocycles. The molecule has 3 aromatic rings. The quantitative estimate of drug-likeness (QED) is 0.783. The molecule has 120 valence electrons. The minimum atomic E-state index is -0.261. The van der Waals surface area contributed by atoms with Crippen molar-refractivity contribution in [3.63, 3.8) is 0 Å². The molecule has 24 heavy (non-hydrogen) atoms. The number of rotatable bonds is 5. The van der Waals surface area contributed by atoms with E-state index in [0.717, 1.165) is 12.4 Å². The van der Waals surface area contributed by atoms with Crippen molar-refractivity contribution in [2.75, 3.05) is 17.3 Å². The van der Waals surface area contributed by atoms with Crippen LogP contribution in [-0.4, -0.2) is 28.1 Å². The Labute approximate surface area is 140 Å². The van der Waals surface area contributed by atoms with Crippen molar-refractivity contribution in [1.29, 1.82) is 0 Å². The van der Waals surface area contributed by atoms with Crippen molar-refractivity contribution in [2.24, 2.45) is 0 Å². The summed E-state index contributed by atoms with van der Waals surface area (Å²) in [6.07, 6.45) is 3.12. The van der Waals surface area contributed by atoms with Crippen LogP contribution < -0.4 is 10.2 Å². The fourth-order valence-corrected chi connectivity index (χ4v) is 2.22. The Hall–Kier alpha value is -3.28. The molecular formula is C18H17N5O. The molecule has 6 heteroatoms. The SMILES string of the molecule is CN(Cc1ccccc1)c1ccc(NC(=O)c2cccnc2)nn1. The highest BCUT2D eigenvalue weighted by atomic mass is 16.1. The highest BCUT2D eigenvalue weighted by Crippen LogP contribution is 2.14. The zero-order chi connectivity index (χ0) is 16.8. The summed E-state index contributed by atoms with van der Waals surface area (Å²) in [7, 11) is 1.95. The third-order valence-corrected chi connectivity index (χ3v) is 3.47. The third-order valence-electron chi connectivity index (χ3n) is 3.47. The standard InChI is InChI=1S/C18H17N5O/c1-23(13-14-6-3-2-4-7-14)17-10-9-16(21-22-17)20-18(24)15-8-5-11-19-12-15/h2-12H,13H2,1H3,(H,20,21,24). The first kappa shape index (κ1) is 15.6. The second-order valence-electron chi connectivity index (χ2n) is 5.31. The first-order valence-corrected chi connectivity index (χ1v) is 7.52. The topological polar surface area (TPSA) is 71.0 Å². The first-order chi connectivity index (χ1) is 11.7. The van der Waals surface area contributed by atoms with Crippen molar-refractivity contribution < 1.29 is 4.79 Å². The molecule has 0 aliphatic rings. The summed E-state index contributed by atoms with van der Waals surface area (Å²) in [5.41, 5.74) is 1.67. The van der Waals surface area contributed by atoms with E-state index in [1.165, 1.54) is 11.8 Å². The largest absolute Gasteiger partial charge is 0.354 e. The van der Waals surface area contributed by atoms with Gasteiger partial charge in [-0.1, -0.05) is 30.3 Å². The summed E-state index contributed by atoms with van der Waals surface area (Å²) in [5, 5.41) is 10.9. The summed E-state index contributed by atoms with van der Waals surface area (Å²) < 4.78 is 0. The summed E-state index contributed by atoms with van der Waals surface area (Å²) >= 11 is 0. The second-order valence-corrected chi connectivity index (χ2v) is 5.31. The van der Waals surface area contributed by atoms with Crippen LogP contribution in [0, 0.1) is 0 Å². The number of amides is 1. The highest BCUT2D eigenvalue weighted by molar-refractivity contribution is 6.03. The lowest BCUT2D eigenvalue weighted by molar-refractivity contribution is 0.102. The van der Waals surface area contributed by atoms with Gasteiger partial charge in [-0.3, -0.25) is 9.78 Å². The number of benzene rings is 1. The smallest absolute Gasteiger partial charge is 0.258 e. The van der Waals surface area contributed by atoms with E-state index in [4.69, 9.17) is 0 Å². The van der Waals surface area contributed by atoms with Gasteiger partial charge in [0.25, 0.3) is 5.91 Å². The van der Waals surface area contributed by atoms with Crippen molar-refractivity contribution in [2.45, 2.75) is 6.54 Å². The minimum absolute atomic E-state index is 0.261. The van der Waals surface area contributed by atoms with Gasteiger partial charge in [0.2, 0.25) is 0 Å². The number of pyridine rings is 1. The average Bonchev–Trinajstić information content (AvgIpc) is 2.64. The van der Waals surface area contributed by atoms with Crippen molar-refractivity contribution in [3.05, 3.63) is 78.1 Å². The van der Waals surface area contributed by atoms with E-state index in [9.17, 15) is 4.79 Å². The molecule has 0 aliphatic carbocycles. The molecule has 0 unspecified atom stereocenters. The van der Waals surface area contributed by atoms with E-state index in [1.807, 2.05) is 36.2 Å². The van der Waals surface area contributed by atoms with Gasteiger partial charge in [0.05, 0.1) is 5.56 Å². The number of hydrogen-bond donors (Lipinski definition) is 1. The Morgan fingerprint density at radius 2 is 1.88 bits per heavy atom. The number of nitrogens with zero attached hydrogens (tertiary/aromatic N) is 4. The summed E-state index contributed by atoms with van der Waals surface area (Å²) in [5.74, 6) is 0.877. The van der Waals surface area contributed by atoms with Gasteiger partial charge in [-0.15, -0.1) is 10.2 Å². The minimum Gasteiger partial charge on any atom is -0.354 e. The van der Waals surface area contributed by atoms with Gasteiger partial charge in [0.1, 0.15) is 0 Å². The molecule has 6 nitrogen and oxygen atoms in total. The summed E-state index contributed by atoms with van der Waals surface area (Å²) in [4.78, 5) is 18.0. The monoisotopic (exact) mass is 319 g/mol. The van der Waals surface area contributed by atoms with Gasteiger partial charge in [0, 0.05) is 26.0 Å². The van der Waals surface area contributed by atoms with Gasteiger partial charge < -0.3 is 10.2 Å². The predicted octanol–water partition coefficient (Wildman–Crippen LogP) is 2.76. The molecule has 0 bridgehead atoms. The van der Waals surface area contributed by atoms with E-state index in [-0.39, 0.29) is 5.91 Å². The molecule has 0 aliphatic heterocycles. The Bertz CT molecular complexity index is 791. The maximum Gasteiger partial charge on any atom is 0.258 e. The lowest BCUT2D eigenvalue weighted by Crippen LogP contribution is -2.19. The van der Waals surface area contributed by atoms with Crippen LogP contribution in [0.2, 0.25) is 0 Å². The number of hydrogen-bond acceptors (Lipinski definition) is 5. The van der Waals surface area contributed by atoms with Crippen LogP contribution in [0.15, 0.2) is 67.0 Å². The van der Waals surface area contributed by atoms with Crippen molar-refractivity contribution in [3.8, 4) is 0 Å². The van der Waals surface area contributed by atoms with Crippen LogP contribution in [0.5, 0.6) is 0 Å². The predicted molar refractivity (Wildman–Crippen MR) is 92.8 cm³/mol. The van der Waals surface area contributed by atoms with E-state index >= 15 is 0 Å². The van der Waals surface area contributed by atoms with E-state index in [0.29, 0.717) is 11.4 Å². The zero-order valence-corrected chi connectivity index (χ0v) is 13.3. The van der Waals surface area contributed by atoms with Gasteiger partial charge in [-0.05, 0) is 29.8 Å². The van der Waals surface area contributed by atoms with Crippen molar-refractivity contribution in [1.82, 2.24) is 15.2 Å². The van der Waals surface area contributed by atoms with Gasteiger partial charge in [-0.2, -0.15) is 0 Å². The molecule has 2 heterocycles. The molecule has 1 N–H and O–H groups in total. The molecule has 3 rings (SSSR count). The first-order valence-electron chi connectivity index (χ1n) is 7.52. The molecule has 1 amide bonds. The molecule has 0 saturated heterocycles. The number of aromatic nitrogens is 3. The molecular weight excluding hydrogens is 302 g/mol. The Kier molecular flexibility index (Phi) is 4.76. The average molecular weight is 319 g/mol. The van der Waals surface area contributed by atoms with Crippen LogP contribution in [0.1, 0.15) is 15.9 Å². The van der Waals surface area contributed by atoms with Crippen LogP contribution in [0.3, 0.4) is 0 Å². The Balaban J connectivity index is 1.64. The van der Waals surface area contributed by atoms with Crippen LogP contribution in [-0.2, 0) is 6.54 Å². The molecule has 1 aromatic carbocycles. The zero-order valence-electron chi connectivity index (χ0n) is 13.3. The molecule has 0 fully saturated rings. The van der Waals surface area contributed by atoms with Crippen LogP contribution >= 0.6 is 0 Å². The maximum absolute atomic E-state index is 12.0. The summed E-state index contributed by atoms with van der Waals surface area (Å²) in [6.45, 7) is 0.733. The van der Waals surface area contributed by atoms with E-state index in [2.05, 4.69) is 32.6 Å². The number of carbonyl (C=O) groups excluding carboxylic acids is 1. The van der Waals surface area contributed by atoms with Crippen LogP contribution in [0.4, 0.5) is 11.6 Å². The molecule has 0 spiro atoms. The maximum atomic E-state index is 12.0. The Morgan fingerprint density at radius 1 is 1.04 bits per heavy atom. The second kappa shape index (κ2) is 7.32. The van der Waals surface area contributed by atoms with Crippen LogP contribution in [0.25, 0.3) is 0 Å². The van der Waals surface area contributed by atoms with Gasteiger partial charge in [-0.25, -0.2) is 0 Å². The van der Waals surface area contributed by atoms with E-state index < -0.39 is 0 Å². The fourth-order valence-electron chi connectivity index (χ4n) is 2.22. The third kappa shape index (κ3) is 3.92. The molecule has 0 radical (unpaired) electrons. The highest BCUT2D eigenvalue weighted by Gasteiger charge is 2.08. The number of nitrogens with one attached hydrogen (secondary N) is 1. The summed E-state index contributed by atoms with van der Waals surface area (Å²) in [6, 6.07) is 17.1. The molecule has 2 aromatic heterocycles. The lowest BCUT2D eigenvalue weighted by Gasteiger charge is -2.17. The number of anilines is 2. The molecule has 0 atom stereocenters.